The van der Waals surface area contributed by atoms with E-state index >= 15 is 0 Å². The summed E-state index contributed by atoms with van der Waals surface area (Å²) in [5, 5.41) is 11.3. The number of halogens is 1. The van der Waals surface area contributed by atoms with Gasteiger partial charge in [0.2, 0.25) is 0 Å². The number of rotatable bonds is 7. The van der Waals surface area contributed by atoms with E-state index in [1.54, 1.807) is 24.4 Å². The fraction of sp³-hybridized carbons (Fsp3) is 0.0952. The molecule has 0 fully saturated rings. The van der Waals surface area contributed by atoms with Crippen LogP contribution >= 0.6 is 23.4 Å². The quantitative estimate of drug-likeness (QED) is 0.251. The largest absolute Gasteiger partial charge is 0.493 e. The Hall–Kier alpha value is -2.83. The van der Waals surface area contributed by atoms with Gasteiger partial charge in [0.1, 0.15) is 5.75 Å². The van der Waals surface area contributed by atoms with Gasteiger partial charge in [-0.3, -0.25) is 15.1 Å². The van der Waals surface area contributed by atoms with Gasteiger partial charge in [0.25, 0.3) is 5.69 Å². The highest BCUT2D eigenvalue weighted by Crippen LogP contribution is 2.30. The van der Waals surface area contributed by atoms with Crippen molar-refractivity contribution in [3.63, 3.8) is 0 Å². The van der Waals surface area contributed by atoms with Crippen molar-refractivity contribution in [3.05, 3.63) is 87.4 Å². The fourth-order valence-corrected chi connectivity index (χ4v) is 3.42. The number of nitrogens with zero attached hydrogens (tertiary/aromatic N) is 2. The average Bonchev–Trinajstić information content (AvgIpc) is 2.70. The smallest absolute Gasteiger partial charge is 0.269 e. The summed E-state index contributed by atoms with van der Waals surface area (Å²) >= 11 is 7.60. The predicted molar refractivity (Wildman–Crippen MR) is 114 cm³/mol. The highest BCUT2D eigenvalue weighted by atomic mass is 35.5. The Labute approximate surface area is 172 Å². The van der Waals surface area contributed by atoms with Crippen LogP contribution in [0.2, 0.25) is 5.02 Å². The molecule has 0 saturated carbocycles. The van der Waals surface area contributed by atoms with Gasteiger partial charge >= 0.3 is 0 Å². The molecule has 0 N–H and O–H groups in total. The minimum atomic E-state index is -0.405. The van der Waals surface area contributed by atoms with E-state index in [-0.39, 0.29) is 5.69 Å². The molecular weight excluding hydrogens is 396 g/mol. The minimum Gasteiger partial charge on any atom is -0.493 e. The maximum Gasteiger partial charge on any atom is 0.269 e. The van der Waals surface area contributed by atoms with Crippen LogP contribution in [0.15, 0.2) is 81.5 Å². The van der Waals surface area contributed by atoms with Gasteiger partial charge in [-0.1, -0.05) is 23.4 Å². The molecule has 0 heterocycles. The van der Waals surface area contributed by atoms with Crippen LogP contribution in [0, 0.1) is 10.1 Å². The Bertz CT molecular complexity index is 990. The third-order valence-electron chi connectivity index (χ3n) is 3.74. The van der Waals surface area contributed by atoms with Gasteiger partial charge in [-0.25, -0.2) is 0 Å². The SMILES string of the molecule is CCOc1ccc(Cl)cc1C=Nc1ccc(Sc2ccc([N+](=O)[O-])cc2)cc1. The zero-order valence-corrected chi connectivity index (χ0v) is 16.6. The van der Waals surface area contributed by atoms with E-state index in [1.165, 1.54) is 23.9 Å². The molecule has 0 aliphatic heterocycles. The van der Waals surface area contributed by atoms with Crippen LogP contribution in [0.25, 0.3) is 0 Å². The van der Waals surface area contributed by atoms with Crippen LogP contribution in [0.3, 0.4) is 0 Å². The van der Waals surface area contributed by atoms with Crippen molar-refractivity contribution >= 4 is 41.0 Å². The highest BCUT2D eigenvalue weighted by molar-refractivity contribution is 7.99. The van der Waals surface area contributed by atoms with Crippen molar-refractivity contribution in [2.75, 3.05) is 6.61 Å². The lowest BCUT2D eigenvalue weighted by molar-refractivity contribution is -0.384. The first kappa shape index (κ1) is 19.9. The van der Waals surface area contributed by atoms with Crippen LogP contribution in [-0.4, -0.2) is 17.7 Å². The van der Waals surface area contributed by atoms with E-state index in [4.69, 9.17) is 16.3 Å². The van der Waals surface area contributed by atoms with Crippen LogP contribution in [0.4, 0.5) is 11.4 Å². The van der Waals surface area contributed by atoms with Crippen molar-refractivity contribution in [1.29, 1.82) is 0 Å². The molecule has 3 aromatic carbocycles. The molecule has 28 heavy (non-hydrogen) atoms. The minimum absolute atomic E-state index is 0.0847. The van der Waals surface area contributed by atoms with Gasteiger partial charge in [0.15, 0.2) is 0 Å². The topological polar surface area (TPSA) is 64.7 Å². The number of hydrogen-bond acceptors (Lipinski definition) is 5. The summed E-state index contributed by atoms with van der Waals surface area (Å²) in [5.74, 6) is 0.737. The third kappa shape index (κ3) is 5.34. The summed E-state index contributed by atoms with van der Waals surface area (Å²) in [6.45, 7) is 2.49. The van der Waals surface area contributed by atoms with E-state index < -0.39 is 4.92 Å². The molecule has 3 aromatic rings. The summed E-state index contributed by atoms with van der Waals surface area (Å²) in [5.41, 5.74) is 1.70. The summed E-state index contributed by atoms with van der Waals surface area (Å²) in [6.07, 6.45) is 1.73. The monoisotopic (exact) mass is 412 g/mol. The number of aliphatic imine (C=N–C) groups is 1. The molecule has 0 aliphatic carbocycles. The number of ether oxygens (including phenoxy) is 1. The van der Waals surface area contributed by atoms with Gasteiger partial charge in [-0.05, 0) is 61.5 Å². The summed E-state index contributed by atoms with van der Waals surface area (Å²) in [6, 6.07) is 19.7. The lowest BCUT2D eigenvalue weighted by Gasteiger charge is -2.07. The maximum absolute atomic E-state index is 10.7. The van der Waals surface area contributed by atoms with Crippen LogP contribution < -0.4 is 4.74 Å². The predicted octanol–water partition coefficient (Wildman–Crippen LogP) is 6.55. The molecule has 0 radical (unpaired) electrons. The Morgan fingerprint density at radius 2 is 1.71 bits per heavy atom. The average molecular weight is 413 g/mol. The molecule has 0 saturated heterocycles. The first-order valence-corrected chi connectivity index (χ1v) is 9.73. The van der Waals surface area contributed by atoms with Crippen molar-refractivity contribution in [2.24, 2.45) is 4.99 Å². The number of nitro groups is 1. The van der Waals surface area contributed by atoms with Crippen LogP contribution in [0.5, 0.6) is 5.75 Å². The van der Waals surface area contributed by atoms with Crippen molar-refractivity contribution in [3.8, 4) is 5.75 Å². The van der Waals surface area contributed by atoms with Gasteiger partial charge in [0.05, 0.1) is 17.2 Å². The van der Waals surface area contributed by atoms with E-state index in [0.717, 1.165) is 26.8 Å². The Kier molecular flexibility index (Phi) is 6.68. The Morgan fingerprint density at radius 1 is 1.07 bits per heavy atom. The maximum atomic E-state index is 10.7. The van der Waals surface area contributed by atoms with E-state index in [1.807, 2.05) is 43.3 Å². The molecule has 0 aromatic heterocycles. The molecule has 142 valence electrons. The third-order valence-corrected chi connectivity index (χ3v) is 5.00. The molecule has 0 atom stereocenters. The lowest BCUT2D eigenvalue weighted by Crippen LogP contribution is -1.95. The van der Waals surface area contributed by atoms with Gasteiger partial charge in [0, 0.05) is 38.7 Å². The van der Waals surface area contributed by atoms with E-state index in [0.29, 0.717) is 11.6 Å². The molecule has 0 aliphatic rings. The molecule has 7 heteroatoms. The molecule has 5 nitrogen and oxygen atoms in total. The second kappa shape index (κ2) is 9.39. The lowest BCUT2D eigenvalue weighted by atomic mass is 10.2. The van der Waals surface area contributed by atoms with E-state index in [2.05, 4.69) is 4.99 Å². The zero-order valence-electron chi connectivity index (χ0n) is 15.0. The van der Waals surface area contributed by atoms with Crippen LogP contribution in [0.1, 0.15) is 12.5 Å². The number of hydrogen-bond donors (Lipinski definition) is 0. The number of nitro benzene ring substituents is 1. The molecular formula is C21H17ClN2O3S. The molecule has 0 bridgehead atoms. The summed E-state index contributed by atoms with van der Waals surface area (Å²) in [4.78, 5) is 16.8. The molecule has 3 rings (SSSR count). The first-order valence-electron chi connectivity index (χ1n) is 8.54. The standard InChI is InChI=1S/C21H17ClN2O3S/c1-2-27-21-12-3-16(22)13-15(21)14-23-17-4-8-19(9-5-17)28-20-10-6-18(7-11-20)24(25)26/h3-14H,2H2,1H3. The first-order chi connectivity index (χ1) is 13.5. The number of non-ortho nitro benzene ring substituents is 1. The highest BCUT2D eigenvalue weighted by Gasteiger charge is 2.05. The van der Waals surface area contributed by atoms with E-state index in [9.17, 15) is 10.1 Å². The normalized spacial score (nSPS) is 10.9. The van der Waals surface area contributed by atoms with Gasteiger partial charge < -0.3 is 4.74 Å². The number of benzene rings is 3. The molecule has 0 amide bonds. The Morgan fingerprint density at radius 3 is 2.32 bits per heavy atom. The Balaban J connectivity index is 1.70. The molecule has 0 spiro atoms. The van der Waals surface area contributed by atoms with Crippen LogP contribution in [-0.2, 0) is 0 Å². The van der Waals surface area contributed by atoms with Gasteiger partial charge in [-0.2, -0.15) is 0 Å². The zero-order chi connectivity index (χ0) is 19.9. The second-order valence-electron chi connectivity index (χ2n) is 5.72. The van der Waals surface area contributed by atoms with Crippen molar-refractivity contribution in [1.82, 2.24) is 0 Å². The molecule has 0 unspecified atom stereocenters. The fourth-order valence-electron chi connectivity index (χ4n) is 2.42. The van der Waals surface area contributed by atoms with Crippen molar-refractivity contribution in [2.45, 2.75) is 16.7 Å². The second-order valence-corrected chi connectivity index (χ2v) is 7.30. The van der Waals surface area contributed by atoms with Crippen molar-refractivity contribution < 1.29 is 9.66 Å². The van der Waals surface area contributed by atoms with Gasteiger partial charge in [-0.15, -0.1) is 0 Å². The summed E-state index contributed by atoms with van der Waals surface area (Å²) in [7, 11) is 0. The summed E-state index contributed by atoms with van der Waals surface area (Å²) < 4.78 is 5.59.